The number of hydrogen-bond acceptors (Lipinski definition) is 4. The summed E-state index contributed by atoms with van der Waals surface area (Å²) in [6, 6.07) is 4.81. The van der Waals surface area contributed by atoms with Crippen LogP contribution in [0, 0.1) is 6.92 Å². The Morgan fingerprint density at radius 2 is 2.08 bits per heavy atom. The van der Waals surface area contributed by atoms with Gasteiger partial charge in [-0.2, -0.15) is 5.10 Å². The molecule has 0 unspecified atom stereocenters. The quantitative estimate of drug-likeness (QED) is 0.865. The molecule has 1 aliphatic heterocycles. The maximum absolute atomic E-state index is 5.93. The van der Waals surface area contributed by atoms with Crippen LogP contribution in [0.3, 0.4) is 0 Å². The van der Waals surface area contributed by atoms with Gasteiger partial charge in [-0.1, -0.05) is 18.9 Å². The Labute approximate surface area is 143 Å². The van der Waals surface area contributed by atoms with E-state index in [9.17, 15) is 0 Å². The van der Waals surface area contributed by atoms with Crippen molar-refractivity contribution in [3.63, 3.8) is 0 Å². The molecule has 4 rings (SSSR count). The zero-order valence-electron chi connectivity index (χ0n) is 14.4. The fourth-order valence-corrected chi connectivity index (χ4v) is 3.78. The summed E-state index contributed by atoms with van der Waals surface area (Å²) in [6.07, 6.45) is 11.5. The highest BCUT2D eigenvalue weighted by atomic mass is 16.5. The number of nitrogens with zero attached hydrogens (tertiary/aromatic N) is 4. The normalized spacial score (nSPS) is 23.0. The van der Waals surface area contributed by atoms with Gasteiger partial charge in [-0.15, -0.1) is 0 Å². The molecule has 0 bridgehead atoms. The molecule has 2 aromatic rings. The highest BCUT2D eigenvalue weighted by Crippen LogP contribution is 2.29. The average molecular weight is 326 g/mol. The maximum atomic E-state index is 5.93. The van der Waals surface area contributed by atoms with E-state index in [0.717, 1.165) is 31.9 Å². The second-order valence-corrected chi connectivity index (χ2v) is 7.12. The summed E-state index contributed by atoms with van der Waals surface area (Å²) >= 11 is 0. The van der Waals surface area contributed by atoms with Crippen molar-refractivity contribution in [3.05, 3.63) is 47.5 Å². The largest absolute Gasteiger partial charge is 0.369 e. The third kappa shape index (κ3) is 3.52. The van der Waals surface area contributed by atoms with Crippen molar-refractivity contribution >= 4 is 0 Å². The van der Waals surface area contributed by atoms with Crippen molar-refractivity contribution in [3.8, 4) is 0 Å². The second kappa shape index (κ2) is 7.03. The number of aryl methyl sites for hydroxylation is 1. The molecule has 0 aromatic carbocycles. The summed E-state index contributed by atoms with van der Waals surface area (Å²) in [6.45, 7) is 5.63. The number of rotatable bonds is 4. The minimum Gasteiger partial charge on any atom is -0.369 e. The summed E-state index contributed by atoms with van der Waals surface area (Å²) < 4.78 is 8.12. The summed E-state index contributed by atoms with van der Waals surface area (Å²) in [5.74, 6) is 0. The first kappa shape index (κ1) is 15.8. The molecule has 1 saturated heterocycles. The lowest BCUT2D eigenvalue weighted by Gasteiger charge is -2.32. The Morgan fingerprint density at radius 1 is 1.21 bits per heavy atom. The average Bonchev–Trinajstić information content (AvgIpc) is 3.27. The van der Waals surface area contributed by atoms with E-state index in [2.05, 4.69) is 44.9 Å². The monoisotopic (exact) mass is 326 g/mol. The first-order valence-electron chi connectivity index (χ1n) is 9.07. The van der Waals surface area contributed by atoms with Gasteiger partial charge in [0.15, 0.2) is 0 Å². The Balaban J connectivity index is 1.38. The molecule has 5 heteroatoms. The van der Waals surface area contributed by atoms with Crippen LogP contribution in [0.5, 0.6) is 0 Å². The van der Waals surface area contributed by atoms with Gasteiger partial charge in [0.2, 0.25) is 0 Å². The first-order valence-corrected chi connectivity index (χ1v) is 9.07. The number of pyridine rings is 1. The molecule has 2 fully saturated rings. The lowest BCUT2D eigenvalue weighted by atomic mass is 10.1. The SMILES string of the molecule is Cc1ccc([C@@H]2CN(Cc3cnn(C4CCCC4)c3)CCO2)nc1. The predicted molar refractivity (Wildman–Crippen MR) is 92.7 cm³/mol. The topological polar surface area (TPSA) is 43.2 Å². The van der Waals surface area contributed by atoms with Crippen molar-refractivity contribution in [2.45, 2.75) is 51.3 Å². The minimum atomic E-state index is 0.0734. The van der Waals surface area contributed by atoms with Gasteiger partial charge in [-0.25, -0.2) is 0 Å². The molecule has 3 heterocycles. The van der Waals surface area contributed by atoms with E-state index in [-0.39, 0.29) is 6.10 Å². The molecule has 1 atom stereocenters. The van der Waals surface area contributed by atoms with E-state index >= 15 is 0 Å². The van der Waals surface area contributed by atoms with Crippen molar-refractivity contribution in [2.75, 3.05) is 19.7 Å². The molecule has 0 spiro atoms. The molecule has 1 saturated carbocycles. The highest BCUT2D eigenvalue weighted by molar-refractivity contribution is 5.15. The Kier molecular flexibility index (Phi) is 4.63. The van der Waals surface area contributed by atoms with Crippen LogP contribution >= 0.6 is 0 Å². The van der Waals surface area contributed by atoms with E-state index in [1.807, 2.05) is 12.4 Å². The Hall–Kier alpha value is -1.72. The third-order valence-electron chi connectivity index (χ3n) is 5.17. The van der Waals surface area contributed by atoms with E-state index < -0.39 is 0 Å². The van der Waals surface area contributed by atoms with E-state index in [1.165, 1.54) is 36.8 Å². The molecule has 0 radical (unpaired) electrons. The van der Waals surface area contributed by atoms with Crippen LogP contribution < -0.4 is 0 Å². The third-order valence-corrected chi connectivity index (χ3v) is 5.17. The van der Waals surface area contributed by atoms with Crippen LogP contribution in [0.25, 0.3) is 0 Å². The van der Waals surface area contributed by atoms with Crippen LogP contribution in [0.1, 0.15) is 54.6 Å². The molecule has 0 N–H and O–H groups in total. The molecule has 1 aliphatic carbocycles. The number of ether oxygens (including phenoxy) is 1. The molecule has 2 aromatic heterocycles. The van der Waals surface area contributed by atoms with Crippen LogP contribution in [0.2, 0.25) is 0 Å². The van der Waals surface area contributed by atoms with Gasteiger partial charge in [0.05, 0.1) is 24.5 Å². The number of aromatic nitrogens is 3. The summed E-state index contributed by atoms with van der Waals surface area (Å²) in [4.78, 5) is 6.98. The zero-order chi connectivity index (χ0) is 16.4. The fourth-order valence-electron chi connectivity index (χ4n) is 3.78. The molecule has 2 aliphatic rings. The molecular weight excluding hydrogens is 300 g/mol. The van der Waals surface area contributed by atoms with Crippen LogP contribution in [-0.4, -0.2) is 39.4 Å². The Morgan fingerprint density at radius 3 is 2.88 bits per heavy atom. The van der Waals surface area contributed by atoms with E-state index in [0.29, 0.717) is 6.04 Å². The summed E-state index contributed by atoms with van der Waals surface area (Å²) in [5.41, 5.74) is 3.53. The standard InChI is InChI=1S/C19H26N4O/c1-15-6-7-18(20-10-15)19-14-22(8-9-24-19)12-16-11-21-23(13-16)17-4-2-3-5-17/h6-7,10-11,13,17,19H,2-5,8-9,12,14H2,1H3/t19-/m0/s1. The number of morpholine rings is 1. The van der Waals surface area contributed by atoms with Gasteiger partial charge in [-0.3, -0.25) is 14.6 Å². The fraction of sp³-hybridized carbons (Fsp3) is 0.579. The molecule has 24 heavy (non-hydrogen) atoms. The van der Waals surface area contributed by atoms with Crippen molar-refractivity contribution < 1.29 is 4.74 Å². The van der Waals surface area contributed by atoms with Gasteiger partial charge in [-0.05, 0) is 31.4 Å². The van der Waals surface area contributed by atoms with Crippen molar-refractivity contribution in [1.29, 1.82) is 0 Å². The molecular formula is C19H26N4O. The smallest absolute Gasteiger partial charge is 0.112 e. The van der Waals surface area contributed by atoms with Crippen LogP contribution in [0.15, 0.2) is 30.7 Å². The van der Waals surface area contributed by atoms with Gasteiger partial charge < -0.3 is 4.74 Å². The maximum Gasteiger partial charge on any atom is 0.112 e. The molecule has 5 nitrogen and oxygen atoms in total. The predicted octanol–water partition coefficient (Wildman–Crippen LogP) is 3.28. The van der Waals surface area contributed by atoms with Crippen molar-refractivity contribution in [2.24, 2.45) is 0 Å². The zero-order valence-corrected chi connectivity index (χ0v) is 14.4. The van der Waals surface area contributed by atoms with Gasteiger partial charge >= 0.3 is 0 Å². The van der Waals surface area contributed by atoms with Gasteiger partial charge in [0.1, 0.15) is 6.10 Å². The Bertz CT molecular complexity index is 660. The number of hydrogen-bond donors (Lipinski definition) is 0. The highest BCUT2D eigenvalue weighted by Gasteiger charge is 2.24. The van der Waals surface area contributed by atoms with E-state index in [4.69, 9.17) is 4.74 Å². The van der Waals surface area contributed by atoms with Crippen LogP contribution in [0.4, 0.5) is 0 Å². The summed E-state index contributed by atoms with van der Waals surface area (Å²) in [5, 5.41) is 4.60. The van der Waals surface area contributed by atoms with Crippen molar-refractivity contribution in [1.82, 2.24) is 19.7 Å². The van der Waals surface area contributed by atoms with Crippen LogP contribution in [-0.2, 0) is 11.3 Å². The first-order chi connectivity index (χ1) is 11.8. The lowest BCUT2D eigenvalue weighted by Crippen LogP contribution is -2.38. The minimum absolute atomic E-state index is 0.0734. The van der Waals surface area contributed by atoms with Gasteiger partial charge in [0, 0.05) is 37.6 Å². The summed E-state index contributed by atoms with van der Waals surface area (Å²) in [7, 11) is 0. The second-order valence-electron chi connectivity index (χ2n) is 7.12. The molecule has 0 amide bonds. The van der Waals surface area contributed by atoms with E-state index in [1.54, 1.807) is 0 Å². The molecule has 128 valence electrons. The van der Waals surface area contributed by atoms with Gasteiger partial charge in [0.25, 0.3) is 0 Å². The lowest BCUT2D eigenvalue weighted by molar-refractivity contribution is -0.0350.